The van der Waals surface area contributed by atoms with Crippen molar-refractivity contribution in [2.45, 2.75) is 17.7 Å². The highest BCUT2D eigenvalue weighted by atomic mass is 32.2. The summed E-state index contributed by atoms with van der Waals surface area (Å²) in [6, 6.07) is 19.7. The number of methoxy groups -OCH3 is 1. The van der Waals surface area contributed by atoms with Crippen molar-refractivity contribution in [3.63, 3.8) is 0 Å². The number of amides is 2. The predicted octanol–water partition coefficient (Wildman–Crippen LogP) is 3.90. The van der Waals surface area contributed by atoms with Gasteiger partial charge in [-0.05, 0) is 55.0 Å². The number of para-hydroxylation sites is 4. The van der Waals surface area contributed by atoms with Gasteiger partial charge in [-0.3, -0.25) is 13.9 Å². The largest absolute Gasteiger partial charge is 0.495 e. The molecule has 0 aromatic heterocycles. The number of sulfonamides is 1. The fourth-order valence-corrected chi connectivity index (χ4v) is 5.07. The Morgan fingerprint density at radius 1 is 1.00 bits per heavy atom. The molecule has 1 saturated heterocycles. The lowest BCUT2D eigenvalue weighted by atomic mass is 10.2. The van der Waals surface area contributed by atoms with Gasteiger partial charge in [-0.15, -0.1) is 0 Å². The van der Waals surface area contributed by atoms with Crippen LogP contribution in [0.15, 0.2) is 77.7 Å². The Hall–Kier alpha value is -3.85. The minimum absolute atomic E-state index is 0.0235. The fourth-order valence-electron chi connectivity index (χ4n) is 3.87. The first-order valence-electron chi connectivity index (χ1n) is 10.8. The van der Waals surface area contributed by atoms with Crippen LogP contribution in [0.5, 0.6) is 5.75 Å². The van der Waals surface area contributed by atoms with E-state index in [1.165, 1.54) is 38.4 Å². The van der Waals surface area contributed by atoms with E-state index in [4.69, 9.17) is 4.74 Å². The van der Waals surface area contributed by atoms with Crippen molar-refractivity contribution in [1.29, 1.82) is 0 Å². The Morgan fingerprint density at radius 3 is 2.35 bits per heavy atom. The van der Waals surface area contributed by atoms with E-state index in [9.17, 15) is 18.0 Å². The van der Waals surface area contributed by atoms with E-state index in [1.54, 1.807) is 47.4 Å². The van der Waals surface area contributed by atoms with Crippen LogP contribution in [0.1, 0.15) is 23.2 Å². The number of carbonyl (C=O) groups excluding carboxylic acids is 2. The maximum Gasteiger partial charge on any atom is 0.264 e. The minimum atomic E-state index is -3.87. The Kier molecular flexibility index (Phi) is 6.56. The van der Waals surface area contributed by atoms with E-state index in [2.05, 4.69) is 5.32 Å². The quantitative estimate of drug-likeness (QED) is 0.555. The smallest absolute Gasteiger partial charge is 0.264 e. The first-order chi connectivity index (χ1) is 16.3. The SMILES string of the molecule is COc1ccccc1N(C)S(=O)(=O)c1ccc(C(=O)Nc2ccccc2N2CCCC2=O)cc1. The third-order valence-corrected chi connectivity index (χ3v) is 7.50. The average Bonchev–Trinajstić information content (AvgIpc) is 3.29. The second-order valence-electron chi connectivity index (χ2n) is 7.79. The van der Waals surface area contributed by atoms with Crippen LogP contribution in [-0.4, -0.2) is 40.9 Å². The van der Waals surface area contributed by atoms with E-state index in [-0.39, 0.29) is 10.8 Å². The highest BCUT2D eigenvalue weighted by Crippen LogP contribution is 2.32. The van der Waals surface area contributed by atoms with Gasteiger partial charge in [0.15, 0.2) is 0 Å². The fraction of sp³-hybridized carbons (Fsp3) is 0.200. The predicted molar refractivity (Wildman–Crippen MR) is 131 cm³/mol. The van der Waals surface area contributed by atoms with E-state index in [1.807, 2.05) is 6.07 Å². The number of hydrogen-bond donors (Lipinski definition) is 1. The Bertz CT molecular complexity index is 1320. The zero-order chi connectivity index (χ0) is 24.3. The molecule has 1 fully saturated rings. The van der Waals surface area contributed by atoms with E-state index >= 15 is 0 Å². The molecule has 1 heterocycles. The van der Waals surface area contributed by atoms with Gasteiger partial charge in [-0.1, -0.05) is 24.3 Å². The van der Waals surface area contributed by atoms with E-state index in [0.717, 1.165) is 10.7 Å². The topological polar surface area (TPSA) is 96.0 Å². The van der Waals surface area contributed by atoms with Gasteiger partial charge in [-0.25, -0.2) is 8.42 Å². The van der Waals surface area contributed by atoms with Crippen LogP contribution in [-0.2, 0) is 14.8 Å². The summed E-state index contributed by atoms with van der Waals surface area (Å²) in [4.78, 5) is 26.7. The van der Waals surface area contributed by atoms with Gasteiger partial charge < -0.3 is 15.0 Å². The normalized spacial score (nSPS) is 13.6. The average molecular weight is 480 g/mol. The molecule has 2 amide bonds. The van der Waals surface area contributed by atoms with Crippen molar-refractivity contribution in [2.24, 2.45) is 0 Å². The lowest BCUT2D eigenvalue weighted by Crippen LogP contribution is -2.27. The highest BCUT2D eigenvalue weighted by Gasteiger charge is 2.26. The number of nitrogens with one attached hydrogen (secondary N) is 1. The molecule has 0 bridgehead atoms. The number of nitrogens with zero attached hydrogens (tertiary/aromatic N) is 2. The molecule has 34 heavy (non-hydrogen) atoms. The third kappa shape index (κ3) is 4.47. The van der Waals surface area contributed by atoms with Crippen molar-refractivity contribution >= 4 is 38.9 Å². The molecule has 8 nitrogen and oxygen atoms in total. The van der Waals surface area contributed by atoms with Gasteiger partial charge >= 0.3 is 0 Å². The number of anilines is 3. The van der Waals surface area contributed by atoms with Crippen LogP contribution in [0.4, 0.5) is 17.1 Å². The molecule has 0 saturated carbocycles. The van der Waals surface area contributed by atoms with Gasteiger partial charge in [0.1, 0.15) is 5.75 Å². The molecule has 3 aromatic carbocycles. The molecular weight excluding hydrogens is 454 g/mol. The molecule has 0 unspecified atom stereocenters. The number of hydrogen-bond acceptors (Lipinski definition) is 5. The molecule has 0 atom stereocenters. The van der Waals surface area contributed by atoms with Crippen LogP contribution >= 0.6 is 0 Å². The number of carbonyl (C=O) groups is 2. The Morgan fingerprint density at radius 2 is 1.68 bits per heavy atom. The molecule has 4 rings (SSSR count). The molecule has 3 aromatic rings. The molecular formula is C25H25N3O5S. The molecule has 1 aliphatic heterocycles. The van der Waals surface area contributed by atoms with Crippen LogP contribution in [0.25, 0.3) is 0 Å². The molecule has 1 aliphatic rings. The van der Waals surface area contributed by atoms with Crippen LogP contribution < -0.4 is 19.3 Å². The first kappa shape index (κ1) is 23.3. The van der Waals surface area contributed by atoms with Crippen LogP contribution in [0.3, 0.4) is 0 Å². The monoisotopic (exact) mass is 479 g/mol. The van der Waals surface area contributed by atoms with Crippen molar-refractivity contribution in [1.82, 2.24) is 0 Å². The summed E-state index contributed by atoms with van der Waals surface area (Å²) < 4.78 is 32.7. The molecule has 176 valence electrons. The maximum atomic E-state index is 13.1. The zero-order valence-corrected chi connectivity index (χ0v) is 19.7. The Labute approximate surface area is 198 Å². The van der Waals surface area contributed by atoms with Crippen molar-refractivity contribution in [2.75, 3.05) is 35.2 Å². The van der Waals surface area contributed by atoms with Gasteiger partial charge in [0.05, 0.1) is 29.1 Å². The number of benzene rings is 3. The first-order valence-corrected chi connectivity index (χ1v) is 12.2. The molecule has 0 spiro atoms. The number of ether oxygens (including phenoxy) is 1. The van der Waals surface area contributed by atoms with Crippen LogP contribution in [0.2, 0.25) is 0 Å². The standard InChI is InChI=1S/C25H25N3O5S/c1-27(22-10-5-6-11-23(22)33-2)34(31,32)19-15-13-18(14-16-19)25(30)26-20-8-3-4-9-21(20)28-17-7-12-24(28)29/h3-6,8-11,13-16H,7,12,17H2,1-2H3,(H,26,30). The lowest BCUT2D eigenvalue weighted by molar-refractivity contribution is -0.117. The Balaban J connectivity index is 1.54. The summed E-state index contributed by atoms with van der Waals surface area (Å²) >= 11 is 0. The maximum absolute atomic E-state index is 13.1. The summed E-state index contributed by atoms with van der Waals surface area (Å²) in [7, 11) is -0.947. The highest BCUT2D eigenvalue weighted by molar-refractivity contribution is 7.92. The second kappa shape index (κ2) is 9.56. The number of rotatable bonds is 7. The van der Waals surface area contributed by atoms with Gasteiger partial charge in [-0.2, -0.15) is 0 Å². The van der Waals surface area contributed by atoms with Crippen molar-refractivity contribution in [3.8, 4) is 5.75 Å². The summed E-state index contributed by atoms with van der Waals surface area (Å²) in [5.74, 6) is 0.0521. The zero-order valence-electron chi connectivity index (χ0n) is 18.9. The van der Waals surface area contributed by atoms with Crippen molar-refractivity contribution in [3.05, 3.63) is 78.4 Å². The van der Waals surface area contributed by atoms with Gasteiger partial charge in [0.2, 0.25) is 5.91 Å². The molecule has 0 aliphatic carbocycles. The summed E-state index contributed by atoms with van der Waals surface area (Å²) in [6.45, 7) is 0.609. The lowest BCUT2D eigenvalue weighted by Gasteiger charge is -2.22. The second-order valence-corrected chi connectivity index (χ2v) is 9.76. The minimum Gasteiger partial charge on any atom is -0.495 e. The summed E-state index contributed by atoms with van der Waals surface area (Å²) in [5.41, 5.74) is 1.87. The third-order valence-electron chi connectivity index (χ3n) is 5.72. The van der Waals surface area contributed by atoms with E-state index in [0.29, 0.717) is 41.3 Å². The molecule has 1 N–H and O–H groups in total. The molecule has 0 radical (unpaired) electrons. The van der Waals surface area contributed by atoms with E-state index < -0.39 is 15.9 Å². The summed E-state index contributed by atoms with van der Waals surface area (Å²) in [6.07, 6.45) is 1.27. The van der Waals surface area contributed by atoms with Crippen molar-refractivity contribution < 1.29 is 22.7 Å². The van der Waals surface area contributed by atoms with Crippen LogP contribution in [0, 0.1) is 0 Å². The van der Waals surface area contributed by atoms with Gasteiger partial charge in [0.25, 0.3) is 15.9 Å². The van der Waals surface area contributed by atoms with Gasteiger partial charge in [0, 0.05) is 25.6 Å². The molecule has 9 heteroatoms. The summed E-state index contributed by atoms with van der Waals surface area (Å²) in [5, 5.41) is 2.84.